The van der Waals surface area contributed by atoms with Crippen molar-refractivity contribution < 1.29 is 4.92 Å². The molecule has 0 aliphatic rings. The second-order valence-corrected chi connectivity index (χ2v) is 7.04. The lowest BCUT2D eigenvalue weighted by molar-refractivity contribution is -0.384. The number of rotatable bonds is 5. The number of para-hydroxylation sites is 2. The standard InChI is InChI=1S/C26H21N3O2/c1-20-19-24(29(30)31)17-18-25(20)27-26(21-11-5-2-6-12-21)28(22-13-7-3-8-14-22)23-15-9-4-10-16-23/h2-19H,1H3. The Morgan fingerprint density at radius 2 is 1.29 bits per heavy atom. The normalized spacial score (nSPS) is 11.2. The molecule has 0 aliphatic carbocycles. The molecule has 0 bridgehead atoms. The molecule has 0 atom stereocenters. The number of amidine groups is 1. The van der Waals surface area contributed by atoms with Crippen molar-refractivity contribution in [1.29, 1.82) is 0 Å². The van der Waals surface area contributed by atoms with E-state index in [1.165, 1.54) is 6.07 Å². The molecule has 5 heteroatoms. The summed E-state index contributed by atoms with van der Waals surface area (Å²) in [5.41, 5.74) is 4.35. The van der Waals surface area contributed by atoms with Crippen molar-refractivity contribution in [2.24, 2.45) is 4.99 Å². The van der Waals surface area contributed by atoms with Crippen LogP contribution in [0.1, 0.15) is 11.1 Å². The van der Waals surface area contributed by atoms with Gasteiger partial charge in [0.15, 0.2) is 0 Å². The number of aryl methyl sites for hydroxylation is 1. The highest BCUT2D eigenvalue weighted by atomic mass is 16.6. The number of aliphatic imine (C=N–C) groups is 1. The average molecular weight is 407 g/mol. The third kappa shape index (κ3) is 4.51. The van der Waals surface area contributed by atoms with Crippen molar-refractivity contribution in [3.05, 3.63) is 130 Å². The number of hydrogen-bond donors (Lipinski definition) is 0. The van der Waals surface area contributed by atoms with Gasteiger partial charge < -0.3 is 0 Å². The van der Waals surface area contributed by atoms with Crippen LogP contribution in [0.15, 0.2) is 114 Å². The highest BCUT2D eigenvalue weighted by Crippen LogP contribution is 2.31. The van der Waals surface area contributed by atoms with E-state index < -0.39 is 4.92 Å². The van der Waals surface area contributed by atoms with Crippen LogP contribution in [0.3, 0.4) is 0 Å². The SMILES string of the molecule is Cc1cc([N+](=O)[O-])ccc1N=C(c1ccccc1)N(c1ccccc1)c1ccccc1. The number of hydrogen-bond acceptors (Lipinski definition) is 3. The lowest BCUT2D eigenvalue weighted by atomic mass is 10.1. The second-order valence-electron chi connectivity index (χ2n) is 7.04. The zero-order valence-corrected chi connectivity index (χ0v) is 17.1. The van der Waals surface area contributed by atoms with E-state index in [1.54, 1.807) is 12.1 Å². The molecule has 0 radical (unpaired) electrons. The Labute approximate surface area is 181 Å². The summed E-state index contributed by atoms with van der Waals surface area (Å²) in [6.07, 6.45) is 0. The molecule has 4 aromatic rings. The van der Waals surface area contributed by atoms with Crippen LogP contribution in [0.2, 0.25) is 0 Å². The Balaban J connectivity index is 1.94. The third-order valence-electron chi connectivity index (χ3n) is 4.89. The van der Waals surface area contributed by atoms with Crippen LogP contribution in [0.5, 0.6) is 0 Å². The van der Waals surface area contributed by atoms with E-state index in [2.05, 4.69) is 4.90 Å². The summed E-state index contributed by atoms with van der Waals surface area (Å²) in [7, 11) is 0. The Kier molecular flexibility index (Phi) is 5.85. The highest BCUT2D eigenvalue weighted by molar-refractivity contribution is 6.15. The maximum absolute atomic E-state index is 11.1. The first-order valence-corrected chi connectivity index (χ1v) is 9.93. The summed E-state index contributed by atoms with van der Waals surface area (Å²) >= 11 is 0. The maximum atomic E-state index is 11.1. The largest absolute Gasteiger partial charge is 0.295 e. The van der Waals surface area contributed by atoms with Gasteiger partial charge in [0.25, 0.3) is 5.69 Å². The van der Waals surface area contributed by atoms with Gasteiger partial charge in [-0.3, -0.25) is 15.0 Å². The monoisotopic (exact) mass is 407 g/mol. The van der Waals surface area contributed by atoms with Gasteiger partial charge in [-0.15, -0.1) is 0 Å². The number of non-ortho nitro benzene ring substituents is 1. The van der Waals surface area contributed by atoms with Crippen LogP contribution in [-0.2, 0) is 0 Å². The van der Waals surface area contributed by atoms with Crippen molar-refractivity contribution in [3.63, 3.8) is 0 Å². The van der Waals surface area contributed by atoms with E-state index in [0.29, 0.717) is 5.69 Å². The van der Waals surface area contributed by atoms with Crippen molar-refractivity contribution in [2.75, 3.05) is 4.90 Å². The van der Waals surface area contributed by atoms with E-state index in [-0.39, 0.29) is 5.69 Å². The molecule has 0 unspecified atom stereocenters. The minimum Gasteiger partial charge on any atom is -0.295 e. The van der Waals surface area contributed by atoms with Crippen molar-refractivity contribution >= 4 is 28.6 Å². The molecular formula is C26H21N3O2. The summed E-state index contributed by atoms with van der Waals surface area (Å²) in [5, 5.41) is 11.1. The number of nitro groups is 1. The van der Waals surface area contributed by atoms with E-state index in [1.807, 2.05) is 97.9 Å². The molecule has 4 rings (SSSR count). The molecule has 0 aliphatic heterocycles. The molecule has 0 fully saturated rings. The molecular weight excluding hydrogens is 386 g/mol. The smallest absolute Gasteiger partial charge is 0.269 e. The molecule has 0 N–H and O–H groups in total. The number of nitrogens with zero attached hydrogens (tertiary/aromatic N) is 3. The Morgan fingerprint density at radius 3 is 1.77 bits per heavy atom. The number of benzene rings is 4. The first kappa shape index (κ1) is 20.0. The van der Waals surface area contributed by atoms with Gasteiger partial charge in [-0.2, -0.15) is 0 Å². The van der Waals surface area contributed by atoms with Crippen LogP contribution in [0.4, 0.5) is 22.7 Å². The summed E-state index contributed by atoms with van der Waals surface area (Å²) in [6.45, 7) is 1.84. The zero-order chi connectivity index (χ0) is 21.6. The quantitative estimate of drug-likeness (QED) is 0.158. The molecule has 31 heavy (non-hydrogen) atoms. The minimum atomic E-state index is -0.390. The fourth-order valence-corrected chi connectivity index (χ4v) is 3.37. The summed E-state index contributed by atoms with van der Waals surface area (Å²) in [5.74, 6) is 0.731. The molecule has 5 nitrogen and oxygen atoms in total. The van der Waals surface area contributed by atoms with Crippen molar-refractivity contribution in [3.8, 4) is 0 Å². The number of anilines is 2. The summed E-state index contributed by atoms with van der Waals surface area (Å²) in [4.78, 5) is 17.9. The predicted molar refractivity (Wildman–Crippen MR) is 125 cm³/mol. The first-order chi connectivity index (χ1) is 15.1. The third-order valence-corrected chi connectivity index (χ3v) is 4.89. The van der Waals surface area contributed by atoms with Crippen LogP contribution >= 0.6 is 0 Å². The van der Waals surface area contributed by atoms with Gasteiger partial charge in [0.1, 0.15) is 5.84 Å². The molecule has 4 aromatic carbocycles. The molecule has 0 amide bonds. The van der Waals surface area contributed by atoms with E-state index in [0.717, 1.165) is 28.3 Å². The van der Waals surface area contributed by atoms with Crippen LogP contribution in [0.25, 0.3) is 0 Å². The predicted octanol–water partition coefficient (Wildman–Crippen LogP) is 6.82. The molecule has 0 heterocycles. The second kappa shape index (κ2) is 9.05. The minimum absolute atomic E-state index is 0.0562. The molecule has 0 saturated heterocycles. The molecule has 0 aromatic heterocycles. The van der Waals surface area contributed by atoms with Gasteiger partial charge >= 0.3 is 0 Å². The number of nitro benzene ring substituents is 1. The maximum Gasteiger partial charge on any atom is 0.269 e. The van der Waals surface area contributed by atoms with Crippen molar-refractivity contribution in [2.45, 2.75) is 6.92 Å². The Morgan fingerprint density at radius 1 is 0.774 bits per heavy atom. The lowest BCUT2D eigenvalue weighted by Crippen LogP contribution is -2.26. The fourth-order valence-electron chi connectivity index (χ4n) is 3.37. The summed E-state index contributed by atoms with van der Waals surface area (Å²) in [6, 6.07) is 34.7. The molecule has 0 spiro atoms. The van der Waals surface area contributed by atoms with Gasteiger partial charge in [0.05, 0.1) is 10.6 Å². The summed E-state index contributed by atoms with van der Waals surface area (Å²) < 4.78 is 0. The van der Waals surface area contributed by atoms with Gasteiger partial charge in [0, 0.05) is 29.1 Å². The Hall–Kier alpha value is -4.25. The molecule has 152 valence electrons. The average Bonchev–Trinajstić information content (AvgIpc) is 2.81. The van der Waals surface area contributed by atoms with Crippen LogP contribution < -0.4 is 4.90 Å². The fraction of sp³-hybridized carbons (Fsp3) is 0.0385. The molecule has 0 saturated carbocycles. The van der Waals surface area contributed by atoms with Gasteiger partial charge in [-0.1, -0.05) is 66.7 Å². The van der Waals surface area contributed by atoms with Gasteiger partial charge in [-0.05, 0) is 42.8 Å². The van der Waals surface area contributed by atoms with E-state index in [4.69, 9.17) is 4.99 Å². The van der Waals surface area contributed by atoms with Crippen molar-refractivity contribution in [1.82, 2.24) is 0 Å². The van der Waals surface area contributed by atoms with Crippen LogP contribution in [-0.4, -0.2) is 10.8 Å². The zero-order valence-electron chi connectivity index (χ0n) is 17.1. The van der Waals surface area contributed by atoms with Gasteiger partial charge in [0.2, 0.25) is 0 Å². The van der Waals surface area contributed by atoms with E-state index in [9.17, 15) is 10.1 Å². The lowest BCUT2D eigenvalue weighted by Gasteiger charge is -2.27. The highest BCUT2D eigenvalue weighted by Gasteiger charge is 2.19. The first-order valence-electron chi connectivity index (χ1n) is 9.93. The van der Waals surface area contributed by atoms with Crippen LogP contribution in [0, 0.1) is 17.0 Å². The van der Waals surface area contributed by atoms with E-state index >= 15 is 0 Å². The topological polar surface area (TPSA) is 58.7 Å². The Bertz CT molecular complexity index is 1170. The van der Waals surface area contributed by atoms with Gasteiger partial charge in [-0.25, -0.2) is 4.99 Å².